The Bertz CT molecular complexity index is 395. The van der Waals surface area contributed by atoms with Crippen LogP contribution in [-0.4, -0.2) is 29.2 Å². The van der Waals surface area contributed by atoms with Crippen LogP contribution in [0.3, 0.4) is 0 Å². The summed E-state index contributed by atoms with van der Waals surface area (Å²) in [5.74, 6) is 0. The Morgan fingerprint density at radius 3 is 2.65 bits per heavy atom. The Kier molecular flexibility index (Phi) is 3.97. The third-order valence-electron chi connectivity index (χ3n) is 3.50. The van der Waals surface area contributed by atoms with Crippen molar-refractivity contribution in [2.45, 2.75) is 32.9 Å². The van der Waals surface area contributed by atoms with E-state index < -0.39 is 0 Å². The number of rotatable bonds is 3. The van der Waals surface area contributed by atoms with Crippen LogP contribution in [0.25, 0.3) is 0 Å². The first-order chi connectivity index (χ1) is 8.16. The van der Waals surface area contributed by atoms with Crippen LogP contribution in [0.5, 0.6) is 0 Å². The Hall–Kier alpha value is -1.12. The summed E-state index contributed by atoms with van der Waals surface area (Å²) in [6.45, 7) is 6.98. The monoisotopic (exact) mass is 231 g/mol. The molecule has 2 heteroatoms. The summed E-state index contributed by atoms with van der Waals surface area (Å²) < 4.78 is 0. The van der Waals surface area contributed by atoms with E-state index in [1.165, 1.54) is 16.7 Å². The molecule has 0 radical (unpaired) electrons. The van der Waals surface area contributed by atoms with Crippen molar-refractivity contribution in [3.63, 3.8) is 0 Å². The van der Waals surface area contributed by atoms with E-state index in [-0.39, 0.29) is 6.10 Å². The van der Waals surface area contributed by atoms with Crippen LogP contribution < -0.4 is 0 Å². The molecule has 1 unspecified atom stereocenters. The second-order valence-corrected chi connectivity index (χ2v) is 4.93. The first kappa shape index (κ1) is 12.3. The number of aliphatic hydroxyl groups excluding tert-OH is 1. The number of nitrogens with zero attached hydrogens (tertiary/aromatic N) is 1. The van der Waals surface area contributed by atoms with Gasteiger partial charge in [-0.1, -0.05) is 35.9 Å². The maximum atomic E-state index is 9.75. The first-order valence-corrected chi connectivity index (χ1v) is 6.29. The van der Waals surface area contributed by atoms with Crippen molar-refractivity contribution >= 4 is 0 Å². The van der Waals surface area contributed by atoms with E-state index >= 15 is 0 Å². The fourth-order valence-corrected chi connectivity index (χ4v) is 2.41. The average Bonchev–Trinajstić information content (AvgIpc) is 2.32. The third kappa shape index (κ3) is 3.18. The van der Waals surface area contributed by atoms with Crippen LogP contribution >= 0.6 is 0 Å². The third-order valence-corrected chi connectivity index (χ3v) is 3.50. The minimum atomic E-state index is -0.312. The molecule has 2 rings (SSSR count). The standard InChI is InChI=1S/C15H21NO/c1-12-8-9-16(11-15(12)13(2)17)10-14-6-4-3-5-7-14/h3-7,13,17H,8-11H2,1-2H3. The number of hydrogen-bond donors (Lipinski definition) is 1. The van der Waals surface area contributed by atoms with Gasteiger partial charge in [0, 0.05) is 19.6 Å². The minimum absolute atomic E-state index is 0.312. The molecule has 92 valence electrons. The molecule has 0 saturated carbocycles. The van der Waals surface area contributed by atoms with E-state index in [1.54, 1.807) is 0 Å². The molecule has 0 aromatic heterocycles. The SMILES string of the molecule is CC1=C(C(C)O)CN(Cc2ccccc2)CC1. The Labute approximate surface area is 104 Å². The molecule has 0 fully saturated rings. The molecule has 1 aliphatic heterocycles. The summed E-state index contributed by atoms with van der Waals surface area (Å²) in [4.78, 5) is 2.41. The van der Waals surface area contributed by atoms with Gasteiger partial charge < -0.3 is 5.11 Å². The van der Waals surface area contributed by atoms with Crippen LogP contribution in [0.15, 0.2) is 41.5 Å². The highest BCUT2D eigenvalue weighted by Crippen LogP contribution is 2.21. The lowest BCUT2D eigenvalue weighted by Gasteiger charge is -2.31. The van der Waals surface area contributed by atoms with Gasteiger partial charge in [0.1, 0.15) is 0 Å². The quantitative estimate of drug-likeness (QED) is 0.808. The van der Waals surface area contributed by atoms with Crippen LogP contribution in [-0.2, 0) is 6.54 Å². The zero-order valence-electron chi connectivity index (χ0n) is 10.7. The molecule has 1 N–H and O–H groups in total. The fraction of sp³-hybridized carbons (Fsp3) is 0.467. The number of hydrogen-bond acceptors (Lipinski definition) is 2. The maximum absolute atomic E-state index is 9.75. The highest BCUT2D eigenvalue weighted by molar-refractivity contribution is 5.22. The van der Waals surface area contributed by atoms with Gasteiger partial charge in [0.05, 0.1) is 6.10 Å². The van der Waals surface area contributed by atoms with Crippen molar-refractivity contribution in [1.82, 2.24) is 4.90 Å². The van der Waals surface area contributed by atoms with Gasteiger partial charge in [-0.05, 0) is 31.4 Å². The highest BCUT2D eigenvalue weighted by Gasteiger charge is 2.19. The summed E-state index contributed by atoms with van der Waals surface area (Å²) in [5, 5.41) is 9.75. The lowest BCUT2D eigenvalue weighted by molar-refractivity contribution is 0.193. The molecule has 0 saturated heterocycles. The van der Waals surface area contributed by atoms with Crippen molar-refractivity contribution < 1.29 is 5.11 Å². The molecule has 0 amide bonds. The van der Waals surface area contributed by atoms with Gasteiger partial charge >= 0.3 is 0 Å². The summed E-state index contributed by atoms with van der Waals surface area (Å²) in [6, 6.07) is 10.5. The van der Waals surface area contributed by atoms with Crippen molar-refractivity contribution in [3.05, 3.63) is 47.0 Å². The molecule has 17 heavy (non-hydrogen) atoms. The summed E-state index contributed by atoms with van der Waals surface area (Å²) in [7, 11) is 0. The lowest BCUT2D eigenvalue weighted by atomic mass is 9.97. The first-order valence-electron chi connectivity index (χ1n) is 6.29. The van der Waals surface area contributed by atoms with Crippen LogP contribution in [0.1, 0.15) is 25.8 Å². The highest BCUT2D eigenvalue weighted by atomic mass is 16.3. The zero-order valence-corrected chi connectivity index (χ0v) is 10.7. The molecular formula is C15H21NO. The van der Waals surface area contributed by atoms with Gasteiger partial charge in [-0.25, -0.2) is 0 Å². The molecule has 1 atom stereocenters. The molecule has 1 aliphatic rings. The second-order valence-electron chi connectivity index (χ2n) is 4.93. The number of benzene rings is 1. The molecule has 1 aromatic carbocycles. The smallest absolute Gasteiger partial charge is 0.0736 e. The van der Waals surface area contributed by atoms with Crippen LogP contribution in [0.2, 0.25) is 0 Å². The summed E-state index contributed by atoms with van der Waals surface area (Å²) in [6.07, 6.45) is 0.765. The second kappa shape index (κ2) is 5.48. The number of aliphatic hydroxyl groups is 1. The summed E-state index contributed by atoms with van der Waals surface area (Å²) in [5.41, 5.74) is 3.91. The van der Waals surface area contributed by atoms with Gasteiger partial charge in [-0.2, -0.15) is 0 Å². The zero-order chi connectivity index (χ0) is 12.3. The van der Waals surface area contributed by atoms with Crippen molar-refractivity contribution in [3.8, 4) is 0 Å². The normalized spacial score (nSPS) is 19.5. The molecule has 0 spiro atoms. The van der Waals surface area contributed by atoms with Gasteiger partial charge in [0.25, 0.3) is 0 Å². The van der Waals surface area contributed by atoms with E-state index in [9.17, 15) is 5.11 Å². The van der Waals surface area contributed by atoms with E-state index in [1.807, 2.05) is 13.0 Å². The lowest BCUT2D eigenvalue weighted by Crippen LogP contribution is -2.34. The predicted octanol–water partition coefficient (Wildman–Crippen LogP) is 2.59. The summed E-state index contributed by atoms with van der Waals surface area (Å²) >= 11 is 0. The van der Waals surface area contributed by atoms with E-state index in [4.69, 9.17) is 0 Å². The van der Waals surface area contributed by atoms with Crippen LogP contribution in [0.4, 0.5) is 0 Å². The molecular weight excluding hydrogens is 210 g/mol. The van der Waals surface area contributed by atoms with Crippen molar-refractivity contribution in [2.24, 2.45) is 0 Å². The molecule has 1 heterocycles. The Morgan fingerprint density at radius 1 is 1.29 bits per heavy atom. The average molecular weight is 231 g/mol. The van der Waals surface area contributed by atoms with E-state index in [0.717, 1.165) is 26.1 Å². The maximum Gasteiger partial charge on any atom is 0.0736 e. The molecule has 2 nitrogen and oxygen atoms in total. The van der Waals surface area contributed by atoms with E-state index in [0.29, 0.717) is 0 Å². The van der Waals surface area contributed by atoms with Crippen LogP contribution in [0, 0.1) is 0 Å². The molecule has 1 aromatic rings. The van der Waals surface area contributed by atoms with Crippen molar-refractivity contribution in [1.29, 1.82) is 0 Å². The fourth-order valence-electron chi connectivity index (χ4n) is 2.41. The van der Waals surface area contributed by atoms with E-state index in [2.05, 4.69) is 36.1 Å². The Balaban J connectivity index is 2.02. The van der Waals surface area contributed by atoms with Crippen molar-refractivity contribution in [2.75, 3.05) is 13.1 Å². The van der Waals surface area contributed by atoms with Gasteiger partial charge in [0.2, 0.25) is 0 Å². The minimum Gasteiger partial charge on any atom is -0.389 e. The molecule has 0 aliphatic carbocycles. The Morgan fingerprint density at radius 2 is 2.00 bits per heavy atom. The topological polar surface area (TPSA) is 23.5 Å². The predicted molar refractivity (Wildman–Crippen MR) is 70.7 cm³/mol. The largest absolute Gasteiger partial charge is 0.389 e. The molecule has 0 bridgehead atoms. The van der Waals surface area contributed by atoms with Gasteiger partial charge in [0.15, 0.2) is 0 Å². The van der Waals surface area contributed by atoms with Gasteiger partial charge in [-0.15, -0.1) is 0 Å². The van der Waals surface area contributed by atoms with Gasteiger partial charge in [-0.3, -0.25) is 4.90 Å².